The molecular formula is C11H14ClNO3S. The molecule has 1 rings (SSSR count). The fraction of sp³-hybridized carbons (Fsp3) is 0.364. The Kier molecular flexibility index (Phi) is 4.16. The van der Waals surface area contributed by atoms with E-state index in [-0.39, 0.29) is 16.8 Å². The maximum absolute atomic E-state index is 11.8. The molecule has 0 saturated heterocycles. The molecule has 0 radical (unpaired) electrons. The van der Waals surface area contributed by atoms with Gasteiger partial charge in [0.2, 0.25) is 0 Å². The summed E-state index contributed by atoms with van der Waals surface area (Å²) in [6.45, 7) is 5.39. The van der Waals surface area contributed by atoms with Crippen LogP contribution in [0.5, 0.6) is 0 Å². The van der Waals surface area contributed by atoms with Crippen LogP contribution in [-0.4, -0.2) is 20.4 Å². The monoisotopic (exact) mass is 275 g/mol. The third-order valence-electron chi connectivity index (χ3n) is 2.15. The predicted molar refractivity (Wildman–Crippen MR) is 66.8 cm³/mol. The number of carbonyl (C=O) groups is 1. The number of rotatable bonds is 3. The second-order valence-corrected chi connectivity index (χ2v) is 6.61. The normalized spacial score (nSPS) is 11.6. The molecule has 0 aromatic heterocycles. The molecule has 0 heterocycles. The summed E-state index contributed by atoms with van der Waals surface area (Å²) >= 11 is 0. The lowest BCUT2D eigenvalue weighted by Crippen LogP contribution is -2.30. The van der Waals surface area contributed by atoms with Gasteiger partial charge in [-0.25, -0.2) is 8.42 Å². The summed E-state index contributed by atoms with van der Waals surface area (Å²) in [6.07, 6.45) is 0. The van der Waals surface area contributed by atoms with Crippen molar-refractivity contribution in [3.05, 3.63) is 29.3 Å². The molecule has 94 valence electrons. The van der Waals surface area contributed by atoms with Crippen LogP contribution in [0.2, 0.25) is 0 Å². The highest BCUT2D eigenvalue weighted by Gasteiger charge is 2.16. The van der Waals surface area contributed by atoms with Crippen LogP contribution in [0, 0.1) is 6.92 Å². The van der Waals surface area contributed by atoms with Gasteiger partial charge in [0.1, 0.15) is 0 Å². The van der Waals surface area contributed by atoms with E-state index in [1.54, 1.807) is 13.0 Å². The van der Waals surface area contributed by atoms with Crippen molar-refractivity contribution in [1.82, 2.24) is 5.32 Å². The number of nitrogens with one attached hydrogen (secondary N) is 1. The first kappa shape index (κ1) is 14.0. The third kappa shape index (κ3) is 3.71. The summed E-state index contributed by atoms with van der Waals surface area (Å²) in [4.78, 5) is 11.7. The molecule has 6 heteroatoms. The molecule has 1 aromatic carbocycles. The van der Waals surface area contributed by atoms with E-state index in [0.717, 1.165) is 0 Å². The Morgan fingerprint density at radius 3 is 2.41 bits per heavy atom. The lowest BCUT2D eigenvalue weighted by atomic mass is 10.1. The SMILES string of the molecule is Cc1ccc(S(=O)(=O)Cl)cc1C(=O)NC(C)C. The van der Waals surface area contributed by atoms with Crippen molar-refractivity contribution >= 4 is 25.6 Å². The van der Waals surface area contributed by atoms with E-state index in [1.807, 2.05) is 13.8 Å². The highest BCUT2D eigenvalue weighted by atomic mass is 35.7. The summed E-state index contributed by atoms with van der Waals surface area (Å²) in [5.74, 6) is -0.306. The topological polar surface area (TPSA) is 63.2 Å². The average molecular weight is 276 g/mol. The van der Waals surface area contributed by atoms with Crippen LogP contribution >= 0.6 is 10.7 Å². The molecule has 1 amide bonds. The molecule has 0 fully saturated rings. The van der Waals surface area contributed by atoms with Crippen molar-refractivity contribution < 1.29 is 13.2 Å². The molecule has 0 aliphatic rings. The molecule has 0 saturated carbocycles. The zero-order valence-electron chi connectivity index (χ0n) is 9.82. The Bertz CT molecular complexity index is 538. The quantitative estimate of drug-likeness (QED) is 0.859. The van der Waals surface area contributed by atoms with Gasteiger partial charge >= 0.3 is 0 Å². The van der Waals surface area contributed by atoms with Crippen molar-refractivity contribution in [2.24, 2.45) is 0 Å². The van der Waals surface area contributed by atoms with E-state index >= 15 is 0 Å². The van der Waals surface area contributed by atoms with Gasteiger partial charge in [-0.3, -0.25) is 4.79 Å². The minimum Gasteiger partial charge on any atom is -0.350 e. The molecule has 17 heavy (non-hydrogen) atoms. The van der Waals surface area contributed by atoms with E-state index in [2.05, 4.69) is 5.32 Å². The van der Waals surface area contributed by atoms with Crippen molar-refractivity contribution in [2.75, 3.05) is 0 Å². The van der Waals surface area contributed by atoms with Crippen LogP contribution < -0.4 is 5.32 Å². The van der Waals surface area contributed by atoms with Gasteiger partial charge < -0.3 is 5.32 Å². The van der Waals surface area contributed by atoms with Gasteiger partial charge in [0.25, 0.3) is 15.0 Å². The van der Waals surface area contributed by atoms with Crippen LogP contribution in [-0.2, 0) is 9.05 Å². The molecule has 1 aromatic rings. The summed E-state index contributed by atoms with van der Waals surface area (Å²) in [7, 11) is 1.42. The van der Waals surface area contributed by atoms with E-state index < -0.39 is 9.05 Å². The van der Waals surface area contributed by atoms with Gasteiger partial charge in [0.15, 0.2) is 0 Å². The van der Waals surface area contributed by atoms with Crippen molar-refractivity contribution in [3.63, 3.8) is 0 Å². The summed E-state index contributed by atoms with van der Waals surface area (Å²) in [6, 6.07) is 4.21. The fourth-order valence-corrected chi connectivity index (χ4v) is 2.11. The number of benzene rings is 1. The second kappa shape index (κ2) is 5.06. The van der Waals surface area contributed by atoms with Crippen LogP contribution in [0.1, 0.15) is 29.8 Å². The predicted octanol–water partition coefficient (Wildman–Crippen LogP) is 2.06. The number of aryl methyl sites for hydroxylation is 1. The van der Waals surface area contributed by atoms with Crippen LogP contribution in [0.4, 0.5) is 0 Å². The lowest BCUT2D eigenvalue weighted by molar-refractivity contribution is 0.0942. The summed E-state index contributed by atoms with van der Waals surface area (Å²) in [5.41, 5.74) is 1.02. The third-order valence-corrected chi connectivity index (χ3v) is 3.51. The fourth-order valence-electron chi connectivity index (χ4n) is 1.34. The first-order valence-corrected chi connectivity index (χ1v) is 7.39. The molecule has 4 nitrogen and oxygen atoms in total. The average Bonchev–Trinajstić information content (AvgIpc) is 2.15. The van der Waals surface area contributed by atoms with Gasteiger partial charge in [0.05, 0.1) is 4.90 Å². The van der Waals surface area contributed by atoms with E-state index in [0.29, 0.717) is 11.1 Å². The zero-order valence-corrected chi connectivity index (χ0v) is 11.4. The maximum atomic E-state index is 11.8. The van der Waals surface area contributed by atoms with Gasteiger partial charge in [0, 0.05) is 22.3 Å². The molecule has 0 aliphatic carbocycles. The highest BCUT2D eigenvalue weighted by Crippen LogP contribution is 2.19. The van der Waals surface area contributed by atoms with Crippen LogP contribution in [0.15, 0.2) is 23.1 Å². The second-order valence-electron chi connectivity index (χ2n) is 4.04. The summed E-state index contributed by atoms with van der Waals surface area (Å²) < 4.78 is 22.3. The maximum Gasteiger partial charge on any atom is 0.261 e. The van der Waals surface area contributed by atoms with Crippen LogP contribution in [0.3, 0.4) is 0 Å². The molecular weight excluding hydrogens is 262 g/mol. The van der Waals surface area contributed by atoms with Crippen LogP contribution in [0.25, 0.3) is 0 Å². The molecule has 0 aliphatic heterocycles. The number of amides is 1. The molecule has 0 bridgehead atoms. The number of halogens is 1. The van der Waals surface area contributed by atoms with E-state index in [4.69, 9.17) is 10.7 Å². The lowest BCUT2D eigenvalue weighted by Gasteiger charge is -2.11. The minimum atomic E-state index is -3.81. The highest BCUT2D eigenvalue weighted by molar-refractivity contribution is 8.13. The van der Waals surface area contributed by atoms with Gasteiger partial charge in [-0.15, -0.1) is 0 Å². The van der Waals surface area contributed by atoms with Gasteiger partial charge in [-0.1, -0.05) is 6.07 Å². The smallest absolute Gasteiger partial charge is 0.261 e. The van der Waals surface area contributed by atoms with E-state index in [1.165, 1.54) is 12.1 Å². The largest absolute Gasteiger partial charge is 0.350 e. The molecule has 0 atom stereocenters. The van der Waals surface area contributed by atoms with E-state index in [9.17, 15) is 13.2 Å². The Morgan fingerprint density at radius 1 is 1.35 bits per heavy atom. The van der Waals surface area contributed by atoms with Crippen molar-refractivity contribution in [3.8, 4) is 0 Å². The molecule has 0 spiro atoms. The van der Waals surface area contributed by atoms with Crippen molar-refractivity contribution in [2.45, 2.75) is 31.7 Å². The first-order valence-electron chi connectivity index (χ1n) is 5.08. The number of hydrogen-bond donors (Lipinski definition) is 1. The standard InChI is InChI=1S/C11H14ClNO3S/c1-7(2)13-11(14)10-6-9(17(12,15)16)5-4-8(10)3/h4-7H,1-3H3,(H,13,14). The van der Waals surface area contributed by atoms with Crippen molar-refractivity contribution in [1.29, 1.82) is 0 Å². The Hall–Kier alpha value is -1.07. The Morgan fingerprint density at radius 2 is 1.94 bits per heavy atom. The summed E-state index contributed by atoms with van der Waals surface area (Å²) in [5, 5.41) is 2.70. The Balaban J connectivity index is 3.20. The van der Waals surface area contributed by atoms with Gasteiger partial charge in [-0.05, 0) is 38.5 Å². The molecule has 1 N–H and O–H groups in total. The molecule has 0 unspecified atom stereocenters. The number of carbonyl (C=O) groups excluding carboxylic acids is 1. The van der Waals surface area contributed by atoms with Gasteiger partial charge in [-0.2, -0.15) is 0 Å². The number of hydrogen-bond acceptors (Lipinski definition) is 3. The minimum absolute atomic E-state index is 0.0156. The first-order chi connectivity index (χ1) is 7.71. The Labute approximate surface area is 105 Å². The zero-order chi connectivity index (χ0) is 13.2.